The molecule has 2 atom stereocenters. The van der Waals surface area contributed by atoms with E-state index in [1.807, 2.05) is 0 Å². The highest BCUT2D eigenvalue weighted by atomic mass is 35.6. The van der Waals surface area contributed by atoms with Crippen molar-refractivity contribution in [1.29, 1.82) is 0 Å². The van der Waals surface area contributed by atoms with E-state index in [0.717, 1.165) is 0 Å². The molecule has 1 nitrogen and oxygen atoms in total. The van der Waals surface area contributed by atoms with E-state index in [4.69, 9.17) is 69.6 Å². The molecule has 0 saturated heterocycles. The van der Waals surface area contributed by atoms with Crippen LogP contribution in [0.5, 0.6) is 0 Å². The molecule has 0 amide bonds. The Hall–Kier alpha value is 1.15. The molecule has 1 aliphatic heterocycles. The highest BCUT2D eigenvalue weighted by molar-refractivity contribution is 6.73. The standard InChI is InChI=1S/C6H3Cl6N/c7-3-1-2-13-4(8)5(3,9)6(10,11)12/h1-2,4H. The molecule has 0 bridgehead atoms. The van der Waals surface area contributed by atoms with Gasteiger partial charge in [-0.1, -0.05) is 58.0 Å². The Morgan fingerprint density at radius 2 is 1.92 bits per heavy atom. The van der Waals surface area contributed by atoms with Gasteiger partial charge in [0.05, 0.1) is 0 Å². The van der Waals surface area contributed by atoms with Gasteiger partial charge in [-0.05, 0) is 6.08 Å². The van der Waals surface area contributed by atoms with Gasteiger partial charge in [0.25, 0.3) is 0 Å². The molecule has 1 heterocycles. The molecule has 0 radical (unpaired) electrons. The summed E-state index contributed by atoms with van der Waals surface area (Å²) in [4.78, 5) is 2.29. The summed E-state index contributed by atoms with van der Waals surface area (Å²) in [6, 6.07) is 0. The van der Waals surface area contributed by atoms with Crippen LogP contribution in [0.25, 0.3) is 0 Å². The highest BCUT2D eigenvalue weighted by Gasteiger charge is 2.55. The summed E-state index contributed by atoms with van der Waals surface area (Å²) >= 11 is 34.6. The topological polar surface area (TPSA) is 12.4 Å². The number of allylic oxidation sites excluding steroid dienone is 1. The third kappa shape index (κ3) is 2.06. The van der Waals surface area contributed by atoms with Crippen LogP contribution in [0.15, 0.2) is 16.1 Å². The Bertz CT molecular complexity index is 267. The van der Waals surface area contributed by atoms with Gasteiger partial charge in [-0.15, -0.1) is 11.6 Å². The van der Waals surface area contributed by atoms with Crippen LogP contribution < -0.4 is 0 Å². The van der Waals surface area contributed by atoms with Crippen molar-refractivity contribution < 1.29 is 0 Å². The molecule has 0 spiro atoms. The molecule has 7 heteroatoms. The van der Waals surface area contributed by atoms with Crippen LogP contribution in [0.2, 0.25) is 0 Å². The van der Waals surface area contributed by atoms with Crippen molar-refractivity contribution in [1.82, 2.24) is 0 Å². The van der Waals surface area contributed by atoms with Gasteiger partial charge in [-0.2, -0.15) is 0 Å². The minimum Gasteiger partial charge on any atom is -0.271 e. The van der Waals surface area contributed by atoms with Crippen LogP contribution in [-0.2, 0) is 0 Å². The molecule has 0 aromatic rings. The second-order valence-corrected chi connectivity index (χ2v) is 6.06. The van der Waals surface area contributed by atoms with Gasteiger partial charge in [0.1, 0.15) is 0 Å². The van der Waals surface area contributed by atoms with Crippen molar-refractivity contribution >= 4 is 75.8 Å². The lowest BCUT2D eigenvalue weighted by atomic mass is 10.1. The van der Waals surface area contributed by atoms with Gasteiger partial charge in [-0.3, -0.25) is 4.99 Å². The Morgan fingerprint density at radius 3 is 2.23 bits per heavy atom. The molecule has 74 valence electrons. The minimum absolute atomic E-state index is 0.157. The molecular formula is C6H3Cl6N. The second kappa shape index (κ2) is 3.96. The smallest absolute Gasteiger partial charge is 0.217 e. The van der Waals surface area contributed by atoms with Crippen molar-refractivity contribution in [2.75, 3.05) is 0 Å². The molecule has 0 fully saturated rings. The van der Waals surface area contributed by atoms with Crippen LogP contribution in [-0.4, -0.2) is 20.4 Å². The third-order valence-electron chi connectivity index (χ3n) is 1.53. The molecule has 0 N–H and O–H groups in total. The van der Waals surface area contributed by atoms with Gasteiger partial charge >= 0.3 is 0 Å². The zero-order valence-electron chi connectivity index (χ0n) is 5.95. The number of aliphatic imine (C=N–C) groups is 1. The molecule has 0 aromatic heterocycles. The number of nitrogens with zero attached hydrogens (tertiary/aromatic N) is 1. The molecule has 0 aliphatic carbocycles. The first-order valence-corrected chi connectivity index (χ1v) is 5.42. The van der Waals surface area contributed by atoms with E-state index >= 15 is 0 Å². The average molecular weight is 302 g/mol. The number of alkyl halides is 5. The van der Waals surface area contributed by atoms with Crippen LogP contribution in [0, 0.1) is 0 Å². The van der Waals surface area contributed by atoms with Crippen LogP contribution >= 0.6 is 69.6 Å². The second-order valence-electron chi connectivity index (χ2n) is 2.36. The quantitative estimate of drug-likeness (QED) is 0.472. The fourth-order valence-corrected chi connectivity index (χ4v) is 2.54. The highest BCUT2D eigenvalue weighted by Crippen LogP contribution is 2.53. The van der Waals surface area contributed by atoms with Gasteiger partial charge in [0.2, 0.25) is 3.79 Å². The van der Waals surface area contributed by atoms with E-state index < -0.39 is 14.2 Å². The maximum absolute atomic E-state index is 6.01. The number of hydrogen-bond acceptors (Lipinski definition) is 1. The van der Waals surface area contributed by atoms with Crippen molar-refractivity contribution in [2.24, 2.45) is 4.99 Å². The maximum atomic E-state index is 6.01. The Kier molecular flexibility index (Phi) is 3.72. The van der Waals surface area contributed by atoms with Crippen molar-refractivity contribution in [3.8, 4) is 0 Å². The van der Waals surface area contributed by atoms with Crippen molar-refractivity contribution in [2.45, 2.75) is 14.2 Å². The predicted octanol–water partition coefficient (Wildman–Crippen LogP) is 4.11. The molecule has 0 saturated carbocycles. The van der Waals surface area contributed by atoms with Gasteiger partial charge in [-0.25, -0.2) is 0 Å². The fourth-order valence-electron chi connectivity index (χ4n) is 0.792. The SMILES string of the molecule is ClC1=CC=NC(Cl)C1(Cl)C(Cl)(Cl)Cl. The van der Waals surface area contributed by atoms with Crippen molar-refractivity contribution in [3.63, 3.8) is 0 Å². The van der Waals surface area contributed by atoms with Gasteiger partial charge in [0, 0.05) is 11.2 Å². The van der Waals surface area contributed by atoms with Crippen LogP contribution in [0.1, 0.15) is 0 Å². The molecular weight excluding hydrogens is 299 g/mol. The number of halogens is 6. The zero-order valence-corrected chi connectivity index (χ0v) is 10.5. The first-order valence-electron chi connectivity index (χ1n) is 3.09. The van der Waals surface area contributed by atoms with Gasteiger partial charge in [0.15, 0.2) is 10.4 Å². The summed E-state index contributed by atoms with van der Waals surface area (Å²) in [5.74, 6) is 0. The lowest BCUT2D eigenvalue weighted by Gasteiger charge is -2.36. The molecule has 1 aliphatic rings. The third-order valence-corrected chi connectivity index (χ3v) is 4.48. The van der Waals surface area contributed by atoms with Crippen LogP contribution in [0.3, 0.4) is 0 Å². The summed E-state index contributed by atoms with van der Waals surface area (Å²) in [6.07, 6.45) is 2.85. The summed E-state index contributed by atoms with van der Waals surface area (Å²) in [5, 5.41) is 0.157. The van der Waals surface area contributed by atoms with Gasteiger partial charge < -0.3 is 0 Å². The summed E-state index contributed by atoms with van der Waals surface area (Å²) < 4.78 is -1.81. The fraction of sp³-hybridized carbons (Fsp3) is 0.500. The van der Waals surface area contributed by atoms with E-state index in [9.17, 15) is 0 Å². The molecule has 2 unspecified atom stereocenters. The number of rotatable bonds is 0. The Labute approximate surface area is 106 Å². The summed E-state index contributed by atoms with van der Waals surface area (Å²) in [5.41, 5.74) is -0.904. The lowest BCUT2D eigenvalue weighted by Crippen LogP contribution is -2.46. The minimum atomic E-state index is -1.81. The number of hydrogen-bond donors (Lipinski definition) is 0. The summed E-state index contributed by atoms with van der Waals surface area (Å²) in [7, 11) is 0. The van der Waals surface area contributed by atoms with E-state index in [-0.39, 0.29) is 5.03 Å². The Balaban J connectivity index is 3.15. The normalized spacial score (nSPS) is 34.6. The first-order chi connectivity index (χ1) is 5.80. The predicted molar refractivity (Wildman–Crippen MR) is 60.9 cm³/mol. The average Bonchev–Trinajstić information content (AvgIpc) is 1.97. The molecule has 13 heavy (non-hydrogen) atoms. The van der Waals surface area contributed by atoms with Crippen LogP contribution in [0.4, 0.5) is 0 Å². The lowest BCUT2D eigenvalue weighted by molar-refractivity contribution is 0.661. The maximum Gasteiger partial charge on any atom is 0.217 e. The number of dihydropyridines is 1. The van der Waals surface area contributed by atoms with Crippen molar-refractivity contribution in [3.05, 3.63) is 11.1 Å². The largest absolute Gasteiger partial charge is 0.271 e. The van der Waals surface area contributed by atoms with E-state index in [2.05, 4.69) is 4.99 Å². The molecule has 0 aromatic carbocycles. The first kappa shape index (κ1) is 12.2. The van der Waals surface area contributed by atoms with E-state index in [0.29, 0.717) is 0 Å². The van der Waals surface area contributed by atoms with E-state index in [1.165, 1.54) is 12.3 Å². The van der Waals surface area contributed by atoms with E-state index in [1.54, 1.807) is 0 Å². The zero-order chi connectivity index (χ0) is 10.3. The monoisotopic (exact) mass is 299 g/mol. The summed E-state index contributed by atoms with van der Waals surface area (Å²) in [6.45, 7) is 0. The Morgan fingerprint density at radius 1 is 1.38 bits per heavy atom. The molecule has 1 rings (SSSR count).